The highest BCUT2D eigenvalue weighted by Gasteiger charge is 2.03. The molecule has 0 unspecified atom stereocenters. The molecule has 0 N–H and O–H groups in total. The summed E-state index contributed by atoms with van der Waals surface area (Å²) in [7, 11) is 0. The number of carbonyl (C=O) groups is 1. The number of nitrogens with zero attached hydrogens (tertiary/aromatic N) is 2. The number of carbonyl (C=O) groups excluding carboxylic acids is 1. The molecular weight excluding hydrogens is 228 g/mol. The van der Waals surface area contributed by atoms with Crippen LogP contribution in [0.25, 0.3) is 0 Å². The maximum atomic E-state index is 11.4. The molecule has 4 heteroatoms. The van der Waals surface area contributed by atoms with Gasteiger partial charge < -0.3 is 4.74 Å². The maximum absolute atomic E-state index is 11.4. The summed E-state index contributed by atoms with van der Waals surface area (Å²) >= 11 is 0. The number of hydrogen-bond acceptors (Lipinski definition) is 4. The molecule has 1 aromatic heterocycles. The number of rotatable bonds is 5. The SMILES string of the molecule is CCC(=O)c1ccc(OCc2ncccn2)cc1. The van der Waals surface area contributed by atoms with E-state index in [2.05, 4.69) is 9.97 Å². The molecule has 1 heterocycles. The summed E-state index contributed by atoms with van der Waals surface area (Å²) < 4.78 is 5.52. The molecule has 0 aliphatic rings. The number of aromatic nitrogens is 2. The summed E-state index contributed by atoms with van der Waals surface area (Å²) in [6, 6.07) is 8.87. The molecule has 4 nitrogen and oxygen atoms in total. The van der Waals surface area contributed by atoms with E-state index >= 15 is 0 Å². The number of hydrogen-bond donors (Lipinski definition) is 0. The van der Waals surface area contributed by atoms with Crippen LogP contribution in [-0.2, 0) is 6.61 Å². The molecular formula is C14H14N2O2. The summed E-state index contributed by atoms with van der Waals surface area (Å²) in [5.74, 6) is 1.47. The Bertz CT molecular complexity index is 509. The minimum absolute atomic E-state index is 0.132. The van der Waals surface area contributed by atoms with E-state index in [4.69, 9.17) is 4.74 Å². The zero-order valence-corrected chi connectivity index (χ0v) is 10.2. The van der Waals surface area contributed by atoms with Crippen molar-refractivity contribution in [2.24, 2.45) is 0 Å². The zero-order chi connectivity index (χ0) is 12.8. The van der Waals surface area contributed by atoms with Crippen LogP contribution in [0.5, 0.6) is 5.75 Å². The van der Waals surface area contributed by atoms with Gasteiger partial charge >= 0.3 is 0 Å². The Kier molecular flexibility index (Phi) is 4.02. The smallest absolute Gasteiger partial charge is 0.166 e. The van der Waals surface area contributed by atoms with Gasteiger partial charge in [0.1, 0.15) is 12.4 Å². The highest BCUT2D eigenvalue weighted by molar-refractivity contribution is 5.95. The van der Waals surface area contributed by atoms with Crippen molar-refractivity contribution >= 4 is 5.78 Å². The fraction of sp³-hybridized carbons (Fsp3) is 0.214. The van der Waals surface area contributed by atoms with Crippen LogP contribution in [0.1, 0.15) is 29.5 Å². The van der Waals surface area contributed by atoms with Crippen LogP contribution in [0.15, 0.2) is 42.7 Å². The van der Waals surface area contributed by atoms with Gasteiger partial charge in [-0.15, -0.1) is 0 Å². The minimum atomic E-state index is 0.132. The lowest BCUT2D eigenvalue weighted by Gasteiger charge is -2.05. The number of ether oxygens (including phenoxy) is 1. The second-order valence-corrected chi connectivity index (χ2v) is 3.75. The topological polar surface area (TPSA) is 52.1 Å². The van der Waals surface area contributed by atoms with Crippen molar-refractivity contribution in [1.29, 1.82) is 0 Å². The summed E-state index contributed by atoms with van der Waals surface area (Å²) in [4.78, 5) is 19.6. The number of benzene rings is 1. The molecule has 0 spiro atoms. The van der Waals surface area contributed by atoms with Crippen molar-refractivity contribution in [2.45, 2.75) is 20.0 Å². The van der Waals surface area contributed by atoms with Gasteiger partial charge in [-0.1, -0.05) is 6.92 Å². The Morgan fingerprint density at radius 2 is 1.83 bits per heavy atom. The van der Waals surface area contributed by atoms with Gasteiger partial charge in [0.25, 0.3) is 0 Å². The molecule has 0 aliphatic carbocycles. The summed E-state index contributed by atoms with van der Waals surface area (Å²) in [6.07, 6.45) is 3.86. The van der Waals surface area contributed by atoms with E-state index in [1.165, 1.54) is 0 Å². The Morgan fingerprint density at radius 1 is 1.17 bits per heavy atom. The molecule has 1 aromatic carbocycles. The fourth-order valence-electron chi connectivity index (χ4n) is 1.49. The van der Waals surface area contributed by atoms with Crippen molar-refractivity contribution in [1.82, 2.24) is 9.97 Å². The van der Waals surface area contributed by atoms with Gasteiger partial charge in [0.2, 0.25) is 0 Å². The standard InChI is InChI=1S/C14H14N2O2/c1-2-13(17)11-4-6-12(7-5-11)18-10-14-15-8-3-9-16-14/h3-9H,2,10H2,1H3. The van der Waals surface area contributed by atoms with E-state index in [1.807, 2.05) is 6.92 Å². The highest BCUT2D eigenvalue weighted by atomic mass is 16.5. The molecule has 0 saturated carbocycles. The van der Waals surface area contributed by atoms with Gasteiger partial charge in [0.05, 0.1) is 0 Å². The van der Waals surface area contributed by atoms with Crippen molar-refractivity contribution in [3.63, 3.8) is 0 Å². The van der Waals surface area contributed by atoms with Crippen molar-refractivity contribution in [2.75, 3.05) is 0 Å². The van der Waals surface area contributed by atoms with Crippen LogP contribution in [0, 0.1) is 0 Å². The zero-order valence-electron chi connectivity index (χ0n) is 10.2. The second-order valence-electron chi connectivity index (χ2n) is 3.75. The van der Waals surface area contributed by atoms with E-state index in [9.17, 15) is 4.79 Å². The Labute approximate surface area is 106 Å². The third kappa shape index (κ3) is 3.13. The van der Waals surface area contributed by atoms with Gasteiger partial charge in [-0.2, -0.15) is 0 Å². The Balaban J connectivity index is 1.97. The Morgan fingerprint density at radius 3 is 2.44 bits per heavy atom. The summed E-state index contributed by atoms with van der Waals surface area (Å²) in [6.45, 7) is 2.17. The van der Waals surface area contributed by atoms with Gasteiger partial charge in [0, 0.05) is 24.4 Å². The van der Waals surface area contributed by atoms with E-state index in [1.54, 1.807) is 42.7 Å². The van der Waals surface area contributed by atoms with Crippen LogP contribution < -0.4 is 4.74 Å². The molecule has 0 radical (unpaired) electrons. The molecule has 0 bridgehead atoms. The normalized spacial score (nSPS) is 10.1. The fourth-order valence-corrected chi connectivity index (χ4v) is 1.49. The third-order valence-corrected chi connectivity index (χ3v) is 2.48. The Hall–Kier alpha value is -2.23. The van der Waals surface area contributed by atoms with Crippen molar-refractivity contribution in [3.05, 3.63) is 54.1 Å². The van der Waals surface area contributed by atoms with Crippen molar-refractivity contribution in [3.8, 4) is 5.75 Å². The first-order chi connectivity index (χ1) is 8.79. The van der Waals surface area contributed by atoms with Gasteiger partial charge in [-0.05, 0) is 30.3 Å². The van der Waals surface area contributed by atoms with Crippen LogP contribution in [-0.4, -0.2) is 15.8 Å². The average molecular weight is 242 g/mol. The highest BCUT2D eigenvalue weighted by Crippen LogP contribution is 2.14. The summed E-state index contributed by atoms with van der Waals surface area (Å²) in [5, 5.41) is 0. The molecule has 0 atom stereocenters. The molecule has 2 aromatic rings. The molecule has 0 aliphatic heterocycles. The largest absolute Gasteiger partial charge is 0.486 e. The predicted molar refractivity (Wildman–Crippen MR) is 67.4 cm³/mol. The van der Waals surface area contributed by atoms with Gasteiger partial charge in [-0.3, -0.25) is 4.79 Å². The molecule has 0 fully saturated rings. The molecule has 92 valence electrons. The van der Waals surface area contributed by atoms with E-state index in [0.29, 0.717) is 30.2 Å². The van der Waals surface area contributed by atoms with E-state index < -0.39 is 0 Å². The minimum Gasteiger partial charge on any atom is -0.486 e. The van der Waals surface area contributed by atoms with Gasteiger partial charge in [0.15, 0.2) is 11.6 Å². The first kappa shape index (κ1) is 12.2. The van der Waals surface area contributed by atoms with Crippen LogP contribution in [0.3, 0.4) is 0 Å². The number of Topliss-reactive ketones (excluding diaryl/α,β-unsaturated/α-hetero) is 1. The van der Waals surface area contributed by atoms with Gasteiger partial charge in [-0.25, -0.2) is 9.97 Å². The molecule has 2 rings (SSSR count). The maximum Gasteiger partial charge on any atom is 0.166 e. The van der Waals surface area contributed by atoms with Crippen molar-refractivity contribution < 1.29 is 9.53 Å². The predicted octanol–water partition coefficient (Wildman–Crippen LogP) is 2.65. The molecule has 18 heavy (non-hydrogen) atoms. The monoisotopic (exact) mass is 242 g/mol. The van der Waals surface area contributed by atoms with E-state index in [0.717, 1.165) is 0 Å². The lowest BCUT2D eigenvalue weighted by atomic mass is 10.1. The lowest BCUT2D eigenvalue weighted by molar-refractivity contribution is 0.0988. The first-order valence-corrected chi connectivity index (χ1v) is 5.81. The van der Waals surface area contributed by atoms with Crippen LogP contribution in [0.2, 0.25) is 0 Å². The van der Waals surface area contributed by atoms with E-state index in [-0.39, 0.29) is 5.78 Å². The second kappa shape index (κ2) is 5.91. The summed E-state index contributed by atoms with van der Waals surface area (Å²) in [5.41, 5.74) is 0.709. The number of ketones is 1. The molecule has 0 amide bonds. The molecule has 0 saturated heterocycles. The average Bonchev–Trinajstić information content (AvgIpc) is 2.46. The third-order valence-electron chi connectivity index (χ3n) is 2.48. The first-order valence-electron chi connectivity index (χ1n) is 5.81. The quantitative estimate of drug-likeness (QED) is 0.756. The van der Waals surface area contributed by atoms with Crippen LogP contribution >= 0.6 is 0 Å². The lowest BCUT2D eigenvalue weighted by Crippen LogP contribution is -2.01. The van der Waals surface area contributed by atoms with Crippen LogP contribution in [0.4, 0.5) is 0 Å².